The Morgan fingerprint density at radius 1 is 1.32 bits per heavy atom. The van der Waals surface area contributed by atoms with Crippen LogP contribution in [0, 0.1) is 5.92 Å². The molecular formula is C15H25ClN2S. The van der Waals surface area contributed by atoms with Crippen LogP contribution < -0.4 is 5.32 Å². The van der Waals surface area contributed by atoms with E-state index in [4.69, 9.17) is 0 Å². The van der Waals surface area contributed by atoms with Gasteiger partial charge in [0.05, 0.1) is 0 Å². The maximum absolute atomic E-state index is 3.31. The minimum atomic E-state index is 0. The topological polar surface area (TPSA) is 15.3 Å². The van der Waals surface area contributed by atoms with Gasteiger partial charge in [0.2, 0.25) is 0 Å². The summed E-state index contributed by atoms with van der Waals surface area (Å²) in [6, 6.07) is 10.7. The van der Waals surface area contributed by atoms with Crippen LogP contribution in [0.15, 0.2) is 35.2 Å². The first-order valence-electron chi connectivity index (χ1n) is 6.93. The van der Waals surface area contributed by atoms with E-state index in [1.54, 1.807) is 0 Å². The Balaban J connectivity index is 0.00000180. The molecule has 0 bridgehead atoms. The van der Waals surface area contributed by atoms with Gasteiger partial charge in [0, 0.05) is 23.7 Å². The summed E-state index contributed by atoms with van der Waals surface area (Å²) in [7, 11) is 2.06. The summed E-state index contributed by atoms with van der Waals surface area (Å²) < 4.78 is 0. The first-order chi connectivity index (χ1) is 8.88. The highest BCUT2D eigenvalue weighted by atomic mass is 35.5. The molecule has 2 nitrogen and oxygen atoms in total. The largest absolute Gasteiger partial charge is 0.319 e. The monoisotopic (exact) mass is 300 g/mol. The Hall–Kier alpha value is -0.220. The van der Waals surface area contributed by atoms with Crippen molar-refractivity contribution in [1.82, 2.24) is 10.2 Å². The van der Waals surface area contributed by atoms with Crippen molar-refractivity contribution in [1.29, 1.82) is 0 Å². The van der Waals surface area contributed by atoms with Gasteiger partial charge in [-0.3, -0.25) is 0 Å². The molecule has 1 N–H and O–H groups in total. The molecular weight excluding hydrogens is 276 g/mol. The number of nitrogens with zero attached hydrogens (tertiary/aromatic N) is 1. The first kappa shape index (κ1) is 16.8. The number of rotatable bonds is 6. The van der Waals surface area contributed by atoms with Crippen molar-refractivity contribution in [2.45, 2.75) is 17.7 Å². The highest BCUT2D eigenvalue weighted by Crippen LogP contribution is 2.19. The molecule has 1 aromatic carbocycles. The second-order valence-electron chi connectivity index (χ2n) is 5.03. The molecule has 0 saturated carbocycles. The number of thioether (sulfide) groups is 1. The van der Waals surface area contributed by atoms with Crippen molar-refractivity contribution >= 4 is 24.2 Å². The summed E-state index contributed by atoms with van der Waals surface area (Å²) in [6.45, 7) is 4.95. The van der Waals surface area contributed by atoms with E-state index in [1.165, 1.54) is 49.7 Å². The molecule has 0 amide bonds. The second-order valence-corrected chi connectivity index (χ2v) is 6.20. The van der Waals surface area contributed by atoms with Crippen molar-refractivity contribution in [3.8, 4) is 0 Å². The van der Waals surface area contributed by atoms with E-state index >= 15 is 0 Å². The molecule has 0 aliphatic carbocycles. The van der Waals surface area contributed by atoms with Crippen LogP contribution in [-0.4, -0.2) is 43.9 Å². The minimum absolute atomic E-state index is 0. The van der Waals surface area contributed by atoms with Gasteiger partial charge in [0.15, 0.2) is 0 Å². The highest BCUT2D eigenvalue weighted by Gasteiger charge is 2.18. The Morgan fingerprint density at radius 3 is 2.84 bits per heavy atom. The molecule has 1 fully saturated rings. The lowest BCUT2D eigenvalue weighted by atomic mass is 9.98. The molecule has 1 aromatic rings. The lowest BCUT2D eigenvalue weighted by Crippen LogP contribution is -2.40. The maximum Gasteiger partial charge on any atom is 0.0108 e. The third-order valence-electron chi connectivity index (χ3n) is 3.52. The van der Waals surface area contributed by atoms with Crippen LogP contribution in [0.5, 0.6) is 0 Å². The van der Waals surface area contributed by atoms with E-state index in [9.17, 15) is 0 Å². The van der Waals surface area contributed by atoms with Gasteiger partial charge in [-0.1, -0.05) is 18.2 Å². The van der Waals surface area contributed by atoms with Crippen molar-refractivity contribution < 1.29 is 0 Å². The zero-order valence-corrected chi connectivity index (χ0v) is 13.3. The fourth-order valence-corrected chi connectivity index (χ4v) is 3.55. The van der Waals surface area contributed by atoms with E-state index in [1.807, 2.05) is 11.8 Å². The van der Waals surface area contributed by atoms with Gasteiger partial charge in [0.25, 0.3) is 0 Å². The van der Waals surface area contributed by atoms with E-state index in [-0.39, 0.29) is 12.4 Å². The molecule has 0 radical (unpaired) electrons. The predicted molar refractivity (Wildman–Crippen MR) is 87.5 cm³/mol. The lowest BCUT2D eigenvalue weighted by molar-refractivity contribution is 0.183. The van der Waals surface area contributed by atoms with Gasteiger partial charge < -0.3 is 10.2 Å². The number of likely N-dealkylation sites (tertiary alicyclic amines) is 1. The molecule has 1 atom stereocenters. The summed E-state index contributed by atoms with van der Waals surface area (Å²) in [5, 5.41) is 3.31. The lowest BCUT2D eigenvalue weighted by Gasteiger charge is -2.32. The Bertz CT molecular complexity index is 332. The summed E-state index contributed by atoms with van der Waals surface area (Å²) in [6.07, 6.45) is 2.76. The van der Waals surface area contributed by atoms with Crippen LogP contribution in [0.3, 0.4) is 0 Å². The van der Waals surface area contributed by atoms with Crippen molar-refractivity contribution in [3.63, 3.8) is 0 Å². The maximum atomic E-state index is 3.31. The van der Waals surface area contributed by atoms with Gasteiger partial charge in [-0.2, -0.15) is 0 Å². The molecule has 1 saturated heterocycles. The third-order valence-corrected chi connectivity index (χ3v) is 4.51. The molecule has 1 unspecified atom stereocenters. The highest BCUT2D eigenvalue weighted by molar-refractivity contribution is 7.99. The van der Waals surface area contributed by atoms with Gasteiger partial charge in [-0.25, -0.2) is 0 Å². The average molecular weight is 301 g/mol. The molecule has 0 aromatic heterocycles. The smallest absolute Gasteiger partial charge is 0.0108 e. The Kier molecular flexibility index (Phi) is 8.55. The fraction of sp³-hybridized carbons (Fsp3) is 0.600. The summed E-state index contributed by atoms with van der Waals surface area (Å²) in [5.41, 5.74) is 0. The van der Waals surface area contributed by atoms with Crippen molar-refractivity contribution in [3.05, 3.63) is 30.3 Å². The quantitative estimate of drug-likeness (QED) is 0.813. The van der Waals surface area contributed by atoms with Crippen molar-refractivity contribution in [2.75, 3.05) is 39.0 Å². The van der Waals surface area contributed by atoms with Crippen LogP contribution >= 0.6 is 24.2 Å². The average Bonchev–Trinajstić information content (AvgIpc) is 2.41. The van der Waals surface area contributed by atoms with Crippen LogP contribution in [0.25, 0.3) is 0 Å². The number of halogens is 1. The molecule has 2 rings (SSSR count). The molecule has 4 heteroatoms. The standard InChI is InChI=1S/C15H24N2S.ClH/c1-16-12-14-6-5-9-17(13-14)10-11-18-15-7-3-2-4-8-15;/h2-4,7-8,14,16H,5-6,9-13H2,1H3;1H. The van der Waals surface area contributed by atoms with Crippen LogP contribution in [0.1, 0.15) is 12.8 Å². The van der Waals surface area contributed by atoms with Crippen molar-refractivity contribution in [2.24, 2.45) is 5.92 Å². The fourth-order valence-electron chi connectivity index (χ4n) is 2.62. The Labute approximate surface area is 127 Å². The van der Waals surface area contributed by atoms with E-state index in [2.05, 4.69) is 47.6 Å². The normalized spacial score (nSPS) is 19.9. The second kappa shape index (κ2) is 9.65. The van der Waals surface area contributed by atoms with E-state index in [0.29, 0.717) is 0 Å². The molecule has 108 valence electrons. The van der Waals surface area contributed by atoms with Gasteiger partial charge in [0.1, 0.15) is 0 Å². The zero-order valence-electron chi connectivity index (χ0n) is 11.7. The molecule has 0 spiro atoms. The summed E-state index contributed by atoms with van der Waals surface area (Å²) >= 11 is 1.97. The summed E-state index contributed by atoms with van der Waals surface area (Å²) in [4.78, 5) is 4.02. The predicted octanol–water partition coefficient (Wildman–Crippen LogP) is 3.13. The molecule has 1 heterocycles. The molecule has 1 aliphatic rings. The van der Waals surface area contributed by atoms with Gasteiger partial charge >= 0.3 is 0 Å². The molecule has 19 heavy (non-hydrogen) atoms. The SMILES string of the molecule is CNCC1CCCN(CCSc2ccccc2)C1.Cl. The minimum Gasteiger partial charge on any atom is -0.319 e. The van der Waals surface area contributed by atoms with Crippen LogP contribution in [0.2, 0.25) is 0 Å². The van der Waals surface area contributed by atoms with E-state index in [0.717, 1.165) is 5.92 Å². The van der Waals surface area contributed by atoms with Gasteiger partial charge in [-0.15, -0.1) is 24.2 Å². The first-order valence-corrected chi connectivity index (χ1v) is 7.92. The third kappa shape index (κ3) is 6.17. The number of hydrogen-bond acceptors (Lipinski definition) is 3. The number of nitrogens with one attached hydrogen (secondary N) is 1. The number of piperidine rings is 1. The molecule has 1 aliphatic heterocycles. The van der Waals surface area contributed by atoms with Crippen LogP contribution in [-0.2, 0) is 0 Å². The zero-order chi connectivity index (χ0) is 12.6. The van der Waals surface area contributed by atoms with Crippen LogP contribution in [0.4, 0.5) is 0 Å². The number of hydrogen-bond donors (Lipinski definition) is 1. The summed E-state index contributed by atoms with van der Waals surface area (Å²) in [5.74, 6) is 2.06. The number of benzene rings is 1. The van der Waals surface area contributed by atoms with Gasteiger partial charge in [-0.05, 0) is 51.0 Å². The van der Waals surface area contributed by atoms with E-state index < -0.39 is 0 Å². The Morgan fingerprint density at radius 2 is 2.11 bits per heavy atom.